The molecule has 0 spiro atoms. The highest BCUT2D eigenvalue weighted by Crippen LogP contribution is 2.21. The van der Waals surface area contributed by atoms with E-state index < -0.39 is 0 Å². The Morgan fingerprint density at radius 2 is 1.56 bits per heavy atom. The van der Waals surface area contributed by atoms with Crippen molar-refractivity contribution in [2.45, 2.75) is 70.3 Å². The van der Waals surface area contributed by atoms with Crippen molar-refractivity contribution < 1.29 is 0 Å². The van der Waals surface area contributed by atoms with Crippen molar-refractivity contribution in [2.75, 3.05) is 19.6 Å². The van der Waals surface area contributed by atoms with Crippen LogP contribution in [-0.4, -0.2) is 30.6 Å². The van der Waals surface area contributed by atoms with Crippen molar-refractivity contribution in [1.82, 2.24) is 10.2 Å². The van der Waals surface area contributed by atoms with Gasteiger partial charge in [0.2, 0.25) is 0 Å². The summed E-state index contributed by atoms with van der Waals surface area (Å²) < 4.78 is 0. The van der Waals surface area contributed by atoms with Gasteiger partial charge < -0.3 is 5.32 Å². The molecule has 0 bridgehead atoms. The van der Waals surface area contributed by atoms with Crippen LogP contribution >= 0.6 is 0 Å². The highest BCUT2D eigenvalue weighted by molar-refractivity contribution is 4.83. The fourth-order valence-electron chi connectivity index (χ4n) is 3.32. The summed E-state index contributed by atoms with van der Waals surface area (Å²) in [4.78, 5) is 2.77. The van der Waals surface area contributed by atoms with E-state index in [0.29, 0.717) is 0 Å². The quantitative estimate of drug-likeness (QED) is 0.763. The normalized spacial score (nSPS) is 26.0. The zero-order valence-electron chi connectivity index (χ0n) is 11.9. The summed E-state index contributed by atoms with van der Waals surface area (Å²) in [6, 6.07) is 0.864. The third kappa shape index (κ3) is 5.01. The molecule has 0 aromatic rings. The van der Waals surface area contributed by atoms with Gasteiger partial charge in [0.1, 0.15) is 0 Å². The molecular weight excluding hydrogens is 220 g/mol. The average Bonchev–Trinajstić information content (AvgIpc) is 2.61. The molecule has 104 valence electrons. The molecular formula is C16H30N2. The van der Waals surface area contributed by atoms with Crippen LogP contribution < -0.4 is 5.32 Å². The number of hydrogen-bond acceptors (Lipinski definition) is 2. The second-order valence-corrected chi connectivity index (χ2v) is 5.89. The van der Waals surface area contributed by atoms with Crippen molar-refractivity contribution in [3.63, 3.8) is 0 Å². The molecule has 2 nitrogen and oxygen atoms in total. The minimum Gasteiger partial charge on any atom is -0.390 e. The lowest BCUT2D eigenvalue weighted by Crippen LogP contribution is -2.39. The lowest BCUT2D eigenvalue weighted by atomic mass is 10.0. The van der Waals surface area contributed by atoms with Crippen LogP contribution in [0.3, 0.4) is 0 Å². The van der Waals surface area contributed by atoms with E-state index >= 15 is 0 Å². The zero-order valence-corrected chi connectivity index (χ0v) is 11.9. The Morgan fingerprint density at radius 3 is 2.33 bits per heavy atom. The molecule has 1 heterocycles. The summed E-state index contributed by atoms with van der Waals surface area (Å²) in [5.41, 5.74) is 0. The third-order valence-electron chi connectivity index (χ3n) is 4.44. The number of hydrogen-bond donors (Lipinski definition) is 1. The smallest absolute Gasteiger partial charge is 0.0269 e. The topological polar surface area (TPSA) is 15.3 Å². The van der Waals surface area contributed by atoms with Gasteiger partial charge in [0.25, 0.3) is 0 Å². The molecule has 1 fully saturated rings. The molecule has 18 heavy (non-hydrogen) atoms. The Morgan fingerprint density at radius 1 is 0.833 bits per heavy atom. The van der Waals surface area contributed by atoms with E-state index in [1.807, 2.05) is 0 Å². The van der Waals surface area contributed by atoms with E-state index in [4.69, 9.17) is 0 Å². The minimum atomic E-state index is 0.864. The highest BCUT2D eigenvalue weighted by Gasteiger charge is 2.18. The molecule has 0 radical (unpaired) electrons. The molecule has 0 aromatic heterocycles. The van der Waals surface area contributed by atoms with Crippen molar-refractivity contribution in [3.8, 4) is 0 Å². The molecule has 2 rings (SSSR count). The first kappa shape index (κ1) is 13.9. The van der Waals surface area contributed by atoms with E-state index in [-0.39, 0.29) is 0 Å². The predicted molar refractivity (Wildman–Crippen MR) is 78.7 cm³/mol. The van der Waals surface area contributed by atoms with Crippen molar-refractivity contribution in [1.29, 1.82) is 0 Å². The van der Waals surface area contributed by atoms with Crippen LogP contribution in [0, 0.1) is 0 Å². The van der Waals surface area contributed by atoms with E-state index in [0.717, 1.165) is 12.6 Å². The number of allylic oxidation sites excluding steroid dienone is 1. The van der Waals surface area contributed by atoms with Gasteiger partial charge in [-0.25, -0.2) is 0 Å². The Labute approximate surface area is 113 Å². The van der Waals surface area contributed by atoms with Crippen LogP contribution in [0.1, 0.15) is 64.2 Å². The van der Waals surface area contributed by atoms with Crippen molar-refractivity contribution in [2.24, 2.45) is 0 Å². The molecule has 2 heteroatoms. The average molecular weight is 250 g/mol. The third-order valence-corrected chi connectivity index (χ3v) is 4.44. The van der Waals surface area contributed by atoms with Gasteiger partial charge >= 0.3 is 0 Å². The summed E-state index contributed by atoms with van der Waals surface area (Å²) in [6.07, 6.45) is 18.6. The van der Waals surface area contributed by atoms with E-state index in [1.165, 1.54) is 77.3 Å². The monoisotopic (exact) mass is 250 g/mol. The Kier molecular flexibility index (Phi) is 6.63. The second kappa shape index (κ2) is 8.58. The zero-order chi connectivity index (χ0) is 12.5. The largest absolute Gasteiger partial charge is 0.390 e. The van der Waals surface area contributed by atoms with Crippen LogP contribution in [0.2, 0.25) is 0 Å². The Bertz CT molecular complexity index is 215. The molecule has 2 aliphatic rings. The van der Waals surface area contributed by atoms with Crippen LogP contribution in [-0.2, 0) is 0 Å². The maximum absolute atomic E-state index is 3.41. The molecule has 0 aromatic carbocycles. The maximum atomic E-state index is 3.41. The van der Waals surface area contributed by atoms with Crippen LogP contribution in [0.15, 0.2) is 12.3 Å². The standard InChI is InChI=1S/C16H30N2/c1-2-4-7-11-16(10-6-3-1)18-14-9-5-8-12-17-13-15-18/h8,12,16-17H,1-7,9-11,13-15H2. The molecule has 0 saturated heterocycles. The van der Waals surface area contributed by atoms with Crippen molar-refractivity contribution >= 4 is 0 Å². The van der Waals surface area contributed by atoms with Gasteiger partial charge in [-0.1, -0.05) is 44.6 Å². The van der Waals surface area contributed by atoms with E-state index in [1.54, 1.807) is 0 Å². The molecule has 0 unspecified atom stereocenters. The first-order chi connectivity index (χ1) is 8.97. The first-order valence-electron chi connectivity index (χ1n) is 8.09. The van der Waals surface area contributed by atoms with Gasteiger partial charge in [-0.2, -0.15) is 0 Å². The van der Waals surface area contributed by atoms with Gasteiger partial charge in [0.15, 0.2) is 0 Å². The van der Waals surface area contributed by atoms with Gasteiger partial charge in [-0.15, -0.1) is 0 Å². The molecule has 1 N–H and O–H groups in total. The summed E-state index contributed by atoms with van der Waals surface area (Å²) in [7, 11) is 0. The first-order valence-corrected chi connectivity index (χ1v) is 8.09. The summed E-state index contributed by atoms with van der Waals surface area (Å²) in [5, 5.41) is 3.41. The number of rotatable bonds is 1. The van der Waals surface area contributed by atoms with Crippen LogP contribution in [0.4, 0.5) is 0 Å². The Hall–Kier alpha value is -0.500. The summed E-state index contributed by atoms with van der Waals surface area (Å²) in [6.45, 7) is 3.65. The highest BCUT2D eigenvalue weighted by atomic mass is 15.2. The van der Waals surface area contributed by atoms with Gasteiger partial charge in [0.05, 0.1) is 0 Å². The Balaban J connectivity index is 1.84. The molecule has 1 saturated carbocycles. The lowest BCUT2D eigenvalue weighted by Gasteiger charge is -2.31. The van der Waals surface area contributed by atoms with E-state index in [2.05, 4.69) is 22.5 Å². The maximum Gasteiger partial charge on any atom is 0.0269 e. The van der Waals surface area contributed by atoms with E-state index in [9.17, 15) is 0 Å². The number of nitrogens with one attached hydrogen (secondary N) is 1. The summed E-state index contributed by atoms with van der Waals surface area (Å²) >= 11 is 0. The molecule has 1 aliphatic heterocycles. The van der Waals surface area contributed by atoms with Gasteiger partial charge in [0, 0.05) is 19.1 Å². The minimum absolute atomic E-state index is 0.864. The molecule has 0 atom stereocenters. The molecule has 0 amide bonds. The summed E-state index contributed by atoms with van der Waals surface area (Å²) in [5.74, 6) is 0. The fourth-order valence-corrected chi connectivity index (χ4v) is 3.32. The van der Waals surface area contributed by atoms with Crippen LogP contribution in [0.5, 0.6) is 0 Å². The second-order valence-electron chi connectivity index (χ2n) is 5.89. The van der Waals surface area contributed by atoms with Gasteiger partial charge in [-0.05, 0) is 38.4 Å². The molecule has 1 aliphatic carbocycles. The van der Waals surface area contributed by atoms with Gasteiger partial charge in [-0.3, -0.25) is 4.90 Å². The predicted octanol–water partition coefficient (Wildman–Crippen LogP) is 3.69. The fraction of sp³-hybridized carbons (Fsp3) is 0.875. The number of nitrogens with zero attached hydrogens (tertiary/aromatic N) is 1. The SMILES string of the molecule is C1=CNCCN(C2CCCCCCCC2)CCC1. The van der Waals surface area contributed by atoms with Crippen LogP contribution in [0.25, 0.3) is 0 Å². The lowest BCUT2D eigenvalue weighted by molar-refractivity contribution is 0.174. The van der Waals surface area contributed by atoms with Crippen molar-refractivity contribution in [3.05, 3.63) is 12.3 Å².